The van der Waals surface area contributed by atoms with Crippen molar-refractivity contribution in [2.24, 2.45) is 0 Å². The standard InChI is InChI=1S/C21H18N2O5S/c1-12-4-7-14(8-5-12)16-11-29-20(18(16)21(25)28-3)22-19(24)15-9-6-13(2)17(10-15)23(26)27/h4-11H,1-3H3,(H,22,24). The minimum absolute atomic E-state index is 0.128. The number of carbonyl (C=O) groups excluding carboxylic acids is 2. The summed E-state index contributed by atoms with van der Waals surface area (Å²) in [6.45, 7) is 3.56. The third-order valence-electron chi connectivity index (χ3n) is 4.44. The molecule has 1 aromatic heterocycles. The highest BCUT2D eigenvalue weighted by molar-refractivity contribution is 7.15. The number of esters is 1. The number of nitrogens with one attached hydrogen (secondary N) is 1. The Morgan fingerprint density at radius 1 is 1.10 bits per heavy atom. The molecule has 0 unspecified atom stereocenters. The number of nitro groups is 1. The van der Waals surface area contributed by atoms with E-state index in [0.29, 0.717) is 16.1 Å². The SMILES string of the molecule is COC(=O)c1c(-c2ccc(C)cc2)csc1NC(=O)c1ccc(C)c([N+](=O)[O-])c1. The normalized spacial score (nSPS) is 10.4. The smallest absolute Gasteiger partial charge is 0.341 e. The van der Waals surface area contributed by atoms with Gasteiger partial charge in [0.2, 0.25) is 0 Å². The van der Waals surface area contributed by atoms with Crippen LogP contribution in [0.1, 0.15) is 31.8 Å². The molecular formula is C21H18N2O5S. The molecule has 0 atom stereocenters. The molecular weight excluding hydrogens is 392 g/mol. The Bertz CT molecular complexity index is 1100. The second kappa shape index (κ2) is 8.24. The molecule has 0 bridgehead atoms. The van der Waals surface area contributed by atoms with Crippen LogP contribution in [0.4, 0.5) is 10.7 Å². The summed E-state index contributed by atoms with van der Waals surface area (Å²) in [5.41, 5.74) is 3.24. The molecule has 0 aliphatic rings. The number of rotatable bonds is 5. The van der Waals surface area contributed by atoms with Crippen molar-refractivity contribution in [1.82, 2.24) is 0 Å². The van der Waals surface area contributed by atoms with Gasteiger partial charge in [0.05, 0.1) is 12.0 Å². The molecule has 0 saturated carbocycles. The average molecular weight is 410 g/mol. The van der Waals surface area contributed by atoms with Crippen LogP contribution in [0.2, 0.25) is 0 Å². The summed E-state index contributed by atoms with van der Waals surface area (Å²) in [5.74, 6) is -1.12. The van der Waals surface area contributed by atoms with Gasteiger partial charge in [0.15, 0.2) is 0 Å². The summed E-state index contributed by atoms with van der Waals surface area (Å²) in [4.78, 5) is 35.7. The van der Waals surface area contributed by atoms with Crippen LogP contribution in [0, 0.1) is 24.0 Å². The van der Waals surface area contributed by atoms with Crippen LogP contribution in [0.3, 0.4) is 0 Å². The van der Waals surface area contributed by atoms with Crippen LogP contribution in [0.25, 0.3) is 11.1 Å². The Balaban J connectivity index is 1.98. The van der Waals surface area contributed by atoms with E-state index < -0.39 is 16.8 Å². The Kier molecular flexibility index (Phi) is 5.74. The number of ether oxygens (including phenoxy) is 1. The van der Waals surface area contributed by atoms with Crippen LogP contribution in [0.5, 0.6) is 0 Å². The zero-order valence-electron chi connectivity index (χ0n) is 16.0. The maximum atomic E-state index is 12.7. The van der Waals surface area contributed by atoms with E-state index >= 15 is 0 Å². The average Bonchev–Trinajstić information content (AvgIpc) is 3.11. The number of amides is 1. The van der Waals surface area contributed by atoms with Gasteiger partial charge in [0.25, 0.3) is 11.6 Å². The monoisotopic (exact) mass is 410 g/mol. The van der Waals surface area contributed by atoms with Gasteiger partial charge in [0, 0.05) is 28.1 Å². The van der Waals surface area contributed by atoms with Gasteiger partial charge in [-0.15, -0.1) is 11.3 Å². The fourth-order valence-electron chi connectivity index (χ4n) is 2.82. The summed E-state index contributed by atoms with van der Waals surface area (Å²) >= 11 is 1.19. The summed E-state index contributed by atoms with van der Waals surface area (Å²) in [6.07, 6.45) is 0. The second-order valence-corrected chi connectivity index (χ2v) is 7.30. The third-order valence-corrected chi connectivity index (χ3v) is 5.33. The first-order valence-corrected chi connectivity index (χ1v) is 9.53. The Morgan fingerprint density at radius 2 is 1.79 bits per heavy atom. The first-order valence-electron chi connectivity index (χ1n) is 8.65. The highest BCUT2D eigenvalue weighted by Gasteiger charge is 2.23. The molecule has 7 nitrogen and oxygen atoms in total. The minimum Gasteiger partial charge on any atom is -0.465 e. The molecule has 3 rings (SSSR count). The quantitative estimate of drug-likeness (QED) is 0.363. The van der Waals surface area contributed by atoms with Gasteiger partial charge in [-0.25, -0.2) is 4.79 Å². The fraction of sp³-hybridized carbons (Fsp3) is 0.143. The lowest BCUT2D eigenvalue weighted by Crippen LogP contribution is -2.14. The number of anilines is 1. The van der Waals surface area contributed by atoms with Crippen molar-refractivity contribution in [3.8, 4) is 11.1 Å². The number of hydrogen-bond donors (Lipinski definition) is 1. The molecule has 0 aliphatic heterocycles. The Morgan fingerprint density at radius 3 is 2.41 bits per heavy atom. The number of methoxy groups -OCH3 is 1. The number of nitro benzene ring substituents is 1. The van der Waals surface area contributed by atoms with Crippen molar-refractivity contribution in [2.75, 3.05) is 12.4 Å². The molecule has 1 N–H and O–H groups in total. The fourth-order valence-corrected chi connectivity index (χ4v) is 3.78. The van der Waals surface area contributed by atoms with Crippen LogP contribution >= 0.6 is 11.3 Å². The lowest BCUT2D eigenvalue weighted by Gasteiger charge is -2.08. The minimum atomic E-state index is -0.577. The largest absolute Gasteiger partial charge is 0.465 e. The van der Waals surface area contributed by atoms with Crippen molar-refractivity contribution in [2.45, 2.75) is 13.8 Å². The zero-order valence-corrected chi connectivity index (χ0v) is 16.8. The lowest BCUT2D eigenvalue weighted by molar-refractivity contribution is -0.385. The number of nitrogens with zero attached hydrogens (tertiary/aromatic N) is 1. The van der Waals surface area contributed by atoms with E-state index in [1.54, 1.807) is 12.3 Å². The number of hydrogen-bond acceptors (Lipinski definition) is 6. The summed E-state index contributed by atoms with van der Waals surface area (Å²) < 4.78 is 4.90. The highest BCUT2D eigenvalue weighted by Crippen LogP contribution is 2.36. The van der Waals surface area contributed by atoms with E-state index in [9.17, 15) is 19.7 Å². The molecule has 2 aromatic carbocycles. The van der Waals surface area contributed by atoms with E-state index in [2.05, 4.69) is 5.32 Å². The summed E-state index contributed by atoms with van der Waals surface area (Å²) in [5, 5.41) is 15.9. The maximum absolute atomic E-state index is 12.7. The van der Waals surface area contributed by atoms with Gasteiger partial charge < -0.3 is 10.1 Å². The van der Waals surface area contributed by atoms with Gasteiger partial charge in [-0.1, -0.05) is 35.9 Å². The topological polar surface area (TPSA) is 98.5 Å². The van der Waals surface area contributed by atoms with Gasteiger partial charge >= 0.3 is 5.97 Å². The van der Waals surface area contributed by atoms with E-state index in [1.807, 2.05) is 31.2 Å². The molecule has 148 valence electrons. The second-order valence-electron chi connectivity index (χ2n) is 6.42. The van der Waals surface area contributed by atoms with Crippen molar-refractivity contribution in [3.05, 3.63) is 80.2 Å². The highest BCUT2D eigenvalue weighted by atomic mass is 32.1. The van der Waals surface area contributed by atoms with E-state index in [4.69, 9.17) is 4.74 Å². The first-order chi connectivity index (χ1) is 13.8. The van der Waals surface area contributed by atoms with Crippen molar-refractivity contribution in [3.63, 3.8) is 0 Å². The summed E-state index contributed by atoms with van der Waals surface area (Å²) in [6, 6.07) is 11.9. The Labute approximate surface area is 171 Å². The predicted molar refractivity (Wildman–Crippen MR) is 112 cm³/mol. The van der Waals surface area contributed by atoms with Gasteiger partial charge in [-0.05, 0) is 25.5 Å². The van der Waals surface area contributed by atoms with Crippen LogP contribution in [-0.2, 0) is 4.74 Å². The van der Waals surface area contributed by atoms with Crippen molar-refractivity contribution >= 4 is 33.9 Å². The van der Waals surface area contributed by atoms with Gasteiger partial charge in [0.1, 0.15) is 10.6 Å². The molecule has 0 fully saturated rings. The van der Waals surface area contributed by atoms with Crippen LogP contribution in [0.15, 0.2) is 47.8 Å². The van der Waals surface area contributed by atoms with Crippen molar-refractivity contribution in [1.29, 1.82) is 0 Å². The Hall–Kier alpha value is -3.52. The molecule has 3 aromatic rings. The number of aryl methyl sites for hydroxylation is 2. The molecule has 0 aliphatic carbocycles. The molecule has 8 heteroatoms. The van der Waals surface area contributed by atoms with E-state index in [1.165, 1.54) is 36.6 Å². The molecule has 0 radical (unpaired) electrons. The molecule has 1 amide bonds. The number of benzene rings is 2. The predicted octanol–water partition coefficient (Wildman–Crippen LogP) is 4.98. The van der Waals surface area contributed by atoms with E-state index in [0.717, 1.165) is 11.1 Å². The van der Waals surface area contributed by atoms with Crippen molar-refractivity contribution < 1.29 is 19.2 Å². The molecule has 0 saturated heterocycles. The third kappa shape index (κ3) is 4.17. The number of thiophene rings is 1. The summed E-state index contributed by atoms with van der Waals surface area (Å²) in [7, 11) is 1.27. The van der Waals surface area contributed by atoms with Crippen LogP contribution < -0.4 is 5.32 Å². The zero-order chi connectivity index (χ0) is 21.1. The van der Waals surface area contributed by atoms with Crippen LogP contribution in [-0.4, -0.2) is 23.9 Å². The maximum Gasteiger partial charge on any atom is 0.341 e. The van der Waals surface area contributed by atoms with E-state index in [-0.39, 0.29) is 16.8 Å². The van der Waals surface area contributed by atoms with Gasteiger partial charge in [-0.3, -0.25) is 14.9 Å². The molecule has 29 heavy (non-hydrogen) atoms. The molecule has 1 heterocycles. The number of carbonyl (C=O) groups is 2. The lowest BCUT2D eigenvalue weighted by atomic mass is 10.0. The van der Waals surface area contributed by atoms with Gasteiger partial charge in [-0.2, -0.15) is 0 Å². The first kappa shape index (κ1) is 20.2. The molecule has 0 spiro atoms.